The summed E-state index contributed by atoms with van der Waals surface area (Å²) in [7, 11) is 1.66. The van der Waals surface area contributed by atoms with Gasteiger partial charge in [0, 0.05) is 7.11 Å². The molecule has 0 atom stereocenters. The van der Waals surface area contributed by atoms with Crippen LogP contribution in [0.3, 0.4) is 0 Å². The number of hydrogen-bond acceptors (Lipinski definition) is 2. The van der Waals surface area contributed by atoms with Gasteiger partial charge < -0.3 is 9.47 Å². The van der Waals surface area contributed by atoms with Crippen molar-refractivity contribution in [1.29, 1.82) is 0 Å². The molecule has 14 heavy (non-hydrogen) atoms. The summed E-state index contributed by atoms with van der Waals surface area (Å²) < 4.78 is 10.4. The Morgan fingerprint density at radius 1 is 1.36 bits per heavy atom. The van der Waals surface area contributed by atoms with E-state index < -0.39 is 0 Å². The van der Waals surface area contributed by atoms with Crippen LogP contribution in [0, 0.1) is 13.0 Å². The van der Waals surface area contributed by atoms with Crippen LogP contribution in [0.25, 0.3) is 0 Å². The number of benzene rings is 1. The molecular weight excluding hydrogens is 176 g/mol. The summed E-state index contributed by atoms with van der Waals surface area (Å²) in [5, 5.41) is 0. The molecule has 0 unspecified atom stereocenters. The molecule has 0 fully saturated rings. The topological polar surface area (TPSA) is 18.5 Å². The van der Waals surface area contributed by atoms with Crippen LogP contribution in [-0.2, 0) is 4.74 Å². The first kappa shape index (κ1) is 10.8. The van der Waals surface area contributed by atoms with Crippen molar-refractivity contribution >= 4 is 0 Å². The second kappa shape index (κ2) is 5.45. The average molecular weight is 191 g/mol. The van der Waals surface area contributed by atoms with Gasteiger partial charge in [0.1, 0.15) is 12.4 Å². The van der Waals surface area contributed by atoms with Crippen LogP contribution < -0.4 is 4.74 Å². The first-order valence-corrected chi connectivity index (χ1v) is 4.54. The quantitative estimate of drug-likeness (QED) is 0.665. The van der Waals surface area contributed by atoms with Gasteiger partial charge in [-0.15, -0.1) is 0 Å². The molecule has 0 spiro atoms. The molecule has 0 aliphatic heterocycles. The van der Waals surface area contributed by atoms with Crippen molar-refractivity contribution in [2.45, 2.75) is 6.92 Å². The molecule has 0 bridgehead atoms. The Labute approximate surface area is 85.2 Å². The largest absolute Gasteiger partial charge is 0.491 e. The smallest absolute Gasteiger partial charge is 0.122 e. The molecule has 1 rings (SSSR count). The van der Waals surface area contributed by atoms with Crippen molar-refractivity contribution in [3.63, 3.8) is 0 Å². The summed E-state index contributed by atoms with van der Waals surface area (Å²) >= 11 is 0. The molecule has 75 valence electrons. The van der Waals surface area contributed by atoms with Crippen molar-refractivity contribution < 1.29 is 9.47 Å². The molecule has 0 heterocycles. The van der Waals surface area contributed by atoms with Crippen LogP contribution in [0.4, 0.5) is 0 Å². The van der Waals surface area contributed by atoms with Gasteiger partial charge in [0.15, 0.2) is 0 Å². The minimum absolute atomic E-state index is 0.567. The summed E-state index contributed by atoms with van der Waals surface area (Å²) in [6.07, 6.45) is 2.86. The van der Waals surface area contributed by atoms with Gasteiger partial charge in [-0.2, -0.15) is 0 Å². The molecule has 0 amide bonds. The normalized spacial score (nSPS) is 9.86. The number of methoxy groups -OCH3 is 1. The van der Waals surface area contributed by atoms with Crippen LogP contribution in [0.15, 0.2) is 24.8 Å². The first-order valence-electron chi connectivity index (χ1n) is 4.54. The fourth-order valence-electron chi connectivity index (χ4n) is 1.20. The number of hydrogen-bond donors (Lipinski definition) is 0. The van der Waals surface area contributed by atoms with Gasteiger partial charge in [0.2, 0.25) is 0 Å². The van der Waals surface area contributed by atoms with Gasteiger partial charge in [-0.05, 0) is 30.2 Å². The third-order valence-corrected chi connectivity index (χ3v) is 2.02. The maximum atomic E-state index is 5.53. The van der Waals surface area contributed by atoms with E-state index in [2.05, 4.69) is 12.7 Å². The fraction of sp³-hybridized carbons (Fsp3) is 0.333. The van der Waals surface area contributed by atoms with Gasteiger partial charge >= 0.3 is 0 Å². The summed E-state index contributed by atoms with van der Waals surface area (Å²) in [6, 6.07) is 5.83. The Kier molecular flexibility index (Phi) is 4.20. The maximum absolute atomic E-state index is 5.53. The number of rotatable bonds is 5. The van der Waals surface area contributed by atoms with Crippen LogP contribution in [0.2, 0.25) is 0 Å². The highest BCUT2D eigenvalue weighted by atomic mass is 16.5. The van der Waals surface area contributed by atoms with Crippen molar-refractivity contribution in [3.05, 3.63) is 42.0 Å². The third-order valence-electron chi connectivity index (χ3n) is 2.02. The Bertz CT molecular complexity index is 305. The molecule has 1 aromatic rings. The Balaban J connectivity index is 2.71. The lowest BCUT2D eigenvalue weighted by Gasteiger charge is -2.09. The molecule has 0 saturated heterocycles. The second-order valence-electron chi connectivity index (χ2n) is 2.95. The highest BCUT2D eigenvalue weighted by Crippen LogP contribution is 2.20. The molecule has 0 aliphatic carbocycles. The monoisotopic (exact) mass is 191 g/mol. The second-order valence-corrected chi connectivity index (χ2v) is 2.95. The summed E-state index contributed by atoms with van der Waals surface area (Å²) in [4.78, 5) is 0. The summed E-state index contributed by atoms with van der Waals surface area (Å²) in [6.45, 7) is 6.79. The van der Waals surface area contributed by atoms with Gasteiger partial charge in [0.05, 0.1) is 6.61 Å². The average Bonchev–Trinajstić information content (AvgIpc) is 2.21. The van der Waals surface area contributed by atoms with E-state index in [9.17, 15) is 0 Å². The molecule has 2 heteroatoms. The van der Waals surface area contributed by atoms with E-state index in [-0.39, 0.29) is 0 Å². The molecule has 0 aromatic heterocycles. The molecule has 0 saturated carbocycles. The summed E-state index contributed by atoms with van der Waals surface area (Å²) in [5.41, 5.74) is 2.05. The summed E-state index contributed by atoms with van der Waals surface area (Å²) in [5.74, 6) is 0.871. The maximum Gasteiger partial charge on any atom is 0.122 e. The standard InChI is InChI=1S/C12H15O2/c1-4-11-6-5-7-12(10(11)2)14-9-8-13-3/h5-7H,1,8-9H2,2-3H3. The Morgan fingerprint density at radius 3 is 2.79 bits per heavy atom. The minimum Gasteiger partial charge on any atom is -0.491 e. The zero-order valence-electron chi connectivity index (χ0n) is 8.67. The van der Waals surface area contributed by atoms with Crippen molar-refractivity contribution in [2.75, 3.05) is 20.3 Å². The van der Waals surface area contributed by atoms with Crippen molar-refractivity contribution in [2.24, 2.45) is 0 Å². The molecule has 0 N–H and O–H groups in total. The zero-order valence-corrected chi connectivity index (χ0v) is 8.67. The highest BCUT2D eigenvalue weighted by Gasteiger charge is 2.01. The van der Waals surface area contributed by atoms with Crippen LogP contribution >= 0.6 is 0 Å². The van der Waals surface area contributed by atoms with E-state index in [1.165, 1.54) is 0 Å². The van der Waals surface area contributed by atoms with Crippen LogP contribution in [0.1, 0.15) is 11.1 Å². The third kappa shape index (κ3) is 2.60. The predicted octanol–water partition coefficient (Wildman–Crippen LogP) is 2.36. The zero-order chi connectivity index (χ0) is 10.4. The highest BCUT2D eigenvalue weighted by molar-refractivity contribution is 5.41. The molecule has 2 nitrogen and oxygen atoms in total. The fourth-order valence-corrected chi connectivity index (χ4v) is 1.20. The minimum atomic E-state index is 0.567. The van der Waals surface area contributed by atoms with E-state index in [0.717, 1.165) is 16.9 Å². The van der Waals surface area contributed by atoms with Crippen LogP contribution in [0.5, 0.6) is 5.75 Å². The van der Waals surface area contributed by atoms with Crippen molar-refractivity contribution in [1.82, 2.24) is 0 Å². The first-order chi connectivity index (χ1) is 6.79. The predicted molar refractivity (Wildman–Crippen MR) is 56.5 cm³/mol. The Morgan fingerprint density at radius 2 is 2.14 bits per heavy atom. The SMILES string of the molecule is C=[C]c1cccc(OCCOC)c1C. The molecular formula is C12H15O2. The molecule has 1 radical (unpaired) electrons. The van der Waals surface area contributed by atoms with Gasteiger partial charge in [0.25, 0.3) is 0 Å². The van der Waals surface area contributed by atoms with Gasteiger partial charge in [-0.3, -0.25) is 0 Å². The van der Waals surface area contributed by atoms with E-state index in [4.69, 9.17) is 9.47 Å². The van der Waals surface area contributed by atoms with E-state index in [1.54, 1.807) is 7.11 Å². The van der Waals surface area contributed by atoms with E-state index in [0.29, 0.717) is 13.2 Å². The van der Waals surface area contributed by atoms with E-state index >= 15 is 0 Å². The lowest BCUT2D eigenvalue weighted by Crippen LogP contribution is -2.05. The van der Waals surface area contributed by atoms with Gasteiger partial charge in [-0.1, -0.05) is 18.7 Å². The lowest BCUT2D eigenvalue weighted by molar-refractivity contribution is 0.146. The molecule has 1 aromatic carbocycles. The van der Waals surface area contributed by atoms with Gasteiger partial charge in [-0.25, -0.2) is 0 Å². The van der Waals surface area contributed by atoms with E-state index in [1.807, 2.05) is 25.1 Å². The Hall–Kier alpha value is -1.28. The lowest BCUT2D eigenvalue weighted by atomic mass is 10.1. The van der Waals surface area contributed by atoms with Crippen molar-refractivity contribution in [3.8, 4) is 5.75 Å². The number of ether oxygens (including phenoxy) is 2. The van der Waals surface area contributed by atoms with Crippen LogP contribution in [-0.4, -0.2) is 20.3 Å². The molecule has 0 aliphatic rings.